The topological polar surface area (TPSA) is 125 Å². The van der Waals surface area contributed by atoms with E-state index >= 15 is 0 Å². The van der Waals surface area contributed by atoms with E-state index in [-0.39, 0.29) is 47.4 Å². The molecule has 0 atom stereocenters. The molecule has 1 fully saturated rings. The summed E-state index contributed by atoms with van der Waals surface area (Å²) in [5.74, 6) is -0.246. The minimum absolute atomic E-state index is 0.00985. The molecule has 3 aromatic rings. The first kappa shape index (κ1) is 26.4. The minimum atomic E-state index is -0.791. The molecule has 1 aliphatic rings. The number of amides is 2. The highest BCUT2D eigenvalue weighted by Gasteiger charge is 2.34. The van der Waals surface area contributed by atoms with E-state index in [0.717, 1.165) is 22.7 Å². The zero-order valence-corrected chi connectivity index (χ0v) is 21.0. The fourth-order valence-corrected chi connectivity index (χ4v) is 4.35. The number of non-ortho nitro benzene ring substituents is 1. The average Bonchev–Trinajstić information content (AvgIpc) is 3.18. The Kier molecular flexibility index (Phi) is 8.39. The number of nitrogens with zero attached hydrogens (tertiary/aromatic N) is 2. The van der Waals surface area contributed by atoms with Gasteiger partial charge in [-0.25, -0.2) is 4.79 Å². The molecule has 0 spiro atoms. The third-order valence-corrected chi connectivity index (χ3v) is 6.17. The van der Waals surface area contributed by atoms with Gasteiger partial charge >= 0.3 is 5.97 Å². The van der Waals surface area contributed by atoms with E-state index in [1.54, 1.807) is 37.3 Å². The molecule has 1 heterocycles. The molecule has 0 radical (unpaired) electrons. The second kappa shape index (κ2) is 12.1. The predicted octanol–water partition coefficient (Wildman–Crippen LogP) is 5.33. The van der Waals surface area contributed by atoms with Gasteiger partial charge in [-0.15, -0.1) is 0 Å². The fraction of sp³-hybridized carbons (Fsp3) is 0.148. The number of hydrogen-bond donors (Lipinski definition) is 0. The van der Waals surface area contributed by atoms with Crippen LogP contribution in [-0.4, -0.2) is 46.7 Å². The third kappa shape index (κ3) is 6.37. The Bertz CT molecular complexity index is 1410. The van der Waals surface area contributed by atoms with Crippen molar-refractivity contribution >= 4 is 40.6 Å². The first-order valence-corrected chi connectivity index (χ1v) is 12.3. The third-order valence-electron chi connectivity index (χ3n) is 5.26. The van der Waals surface area contributed by atoms with Crippen molar-refractivity contribution in [3.05, 3.63) is 98.9 Å². The van der Waals surface area contributed by atoms with Crippen molar-refractivity contribution in [1.82, 2.24) is 4.90 Å². The molecule has 1 saturated heterocycles. The highest BCUT2D eigenvalue weighted by Crippen LogP contribution is 2.35. The Morgan fingerprint density at radius 2 is 1.79 bits per heavy atom. The maximum atomic E-state index is 12.8. The summed E-state index contributed by atoms with van der Waals surface area (Å²) in [5.41, 5.74) is 0.325. The van der Waals surface area contributed by atoms with Gasteiger partial charge in [-0.3, -0.25) is 24.6 Å². The van der Waals surface area contributed by atoms with E-state index in [4.69, 9.17) is 14.2 Å². The number of nitro benzene ring substituents is 1. The summed E-state index contributed by atoms with van der Waals surface area (Å²) < 4.78 is 16.6. The van der Waals surface area contributed by atoms with Crippen molar-refractivity contribution in [2.75, 3.05) is 19.8 Å². The van der Waals surface area contributed by atoms with Crippen LogP contribution in [0.5, 0.6) is 17.2 Å². The van der Waals surface area contributed by atoms with Gasteiger partial charge in [0, 0.05) is 12.1 Å². The number of para-hydroxylation sites is 1. The summed E-state index contributed by atoms with van der Waals surface area (Å²) in [7, 11) is 0. The number of rotatable bonds is 10. The van der Waals surface area contributed by atoms with Crippen LogP contribution >= 0.6 is 11.8 Å². The van der Waals surface area contributed by atoms with E-state index in [9.17, 15) is 24.5 Å². The Hall–Kier alpha value is -4.64. The lowest BCUT2D eigenvalue weighted by Gasteiger charge is -2.13. The fourth-order valence-electron chi connectivity index (χ4n) is 3.49. The van der Waals surface area contributed by atoms with E-state index in [1.807, 2.05) is 18.2 Å². The van der Waals surface area contributed by atoms with Crippen molar-refractivity contribution in [3.8, 4) is 17.2 Å². The largest absolute Gasteiger partial charge is 0.492 e. The van der Waals surface area contributed by atoms with E-state index in [0.29, 0.717) is 11.3 Å². The van der Waals surface area contributed by atoms with Gasteiger partial charge in [0.2, 0.25) is 0 Å². The Morgan fingerprint density at radius 1 is 1.00 bits per heavy atom. The lowest BCUT2D eigenvalue weighted by atomic mass is 10.1. The number of imide groups is 1. The van der Waals surface area contributed by atoms with Gasteiger partial charge in [0.05, 0.1) is 28.5 Å². The van der Waals surface area contributed by atoms with Gasteiger partial charge in [-0.05, 0) is 60.7 Å². The Balaban J connectivity index is 1.46. The highest BCUT2D eigenvalue weighted by atomic mass is 32.2. The van der Waals surface area contributed by atoms with Crippen LogP contribution in [0.2, 0.25) is 0 Å². The van der Waals surface area contributed by atoms with Crippen LogP contribution in [0, 0.1) is 10.1 Å². The molecule has 0 saturated carbocycles. The maximum absolute atomic E-state index is 12.8. The molecule has 2 amide bonds. The quantitative estimate of drug-likeness (QED) is 0.112. The highest BCUT2D eigenvalue weighted by molar-refractivity contribution is 8.18. The van der Waals surface area contributed by atoms with Crippen molar-refractivity contribution in [2.45, 2.75) is 6.92 Å². The number of benzene rings is 3. The lowest BCUT2D eigenvalue weighted by Crippen LogP contribution is -2.32. The zero-order chi connectivity index (χ0) is 27.1. The molecule has 0 N–H and O–H groups in total. The SMILES string of the molecule is CCOc1cc(/C=C2\SC(=O)N(CCOc3ccccc3)C2=O)ccc1OC(=O)c1cccc([N+](=O)[O-])c1. The lowest BCUT2D eigenvalue weighted by molar-refractivity contribution is -0.384. The standard InChI is InChI=1S/C27H22N2O8S/c1-2-35-23-15-18(11-12-22(23)37-26(31)19-7-6-8-20(17-19)29(33)34)16-24-25(30)28(27(32)38-24)13-14-36-21-9-4-3-5-10-21/h3-12,15-17H,2,13-14H2,1H3/b24-16-. The molecule has 4 rings (SSSR count). The molecule has 1 aliphatic heterocycles. The molecule has 194 valence electrons. The Morgan fingerprint density at radius 3 is 2.53 bits per heavy atom. The van der Waals surface area contributed by atoms with Crippen LogP contribution in [0.1, 0.15) is 22.8 Å². The minimum Gasteiger partial charge on any atom is -0.492 e. The second-order valence-corrected chi connectivity index (χ2v) is 8.82. The molecule has 38 heavy (non-hydrogen) atoms. The summed E-state index contributed by atoms with van der Waals surface area (Å²) in [6.07, 6.45) is 1.55. The van der Waals surface area contributed by atoms with Crippen LogP contribution in [0.3, 0.4) is 0 Å². The number of esters is 1. The number of nitro groups is 1. The van der Waals surface area contributed by atoms with Crippen molar-refractivity contribution in [1.29, 1.82) is 0 Å². The first-order valence-electron chi connectivity index (χ1n) is 11.5. The van der Waals surface area contributed by atoms with Crippen LogP contribution in [-0.2, 0) is 4.79 Å². The summed E-state index contributed by atoms with van der Waals surface area (Å²) >= 11 is 0.820. The molecule has 3 aromatic carbocycles. The number of ether oxygens (including phenoxy) is 3. The van der Waals surface area contributed by atoms with Crippen molar-refractivity contribution in [2.24, 2.45) is 0 Å². The summed E-state index contributed by atoms with van der Waals surface area (Å²) in [4.78, 5) is 49.6. The summed E-state index contributed by atoms with van der Waals surface area (Å²) in [5, 5.41) is 10.6. The Labute approximate surface area is 221 Å². The van der Waals surface area contributed by atoms with Gasteiger partial charge < -0.3 is 14.2 Å². The number of carbonyl (C=O) groups is 3. The van der Waals surface area contributed by atoms with E-state index in [1.165, 1.54) is 24.3 Å². The van der Waals surface area contributed by atoms with Crippen molar-refractivity contribution in [3.63, 3.8) is 0 Å². The maximum Gasteiger partial charge on any atom is 0.343 e. The average molecular weight is 535 g/mol. The first-order chi connectivity index (χ1) is 18.4. The molecular weight excluding hydrogens is 512 g/mol. The predicted molar refractivity (Wildman–Crippen MR) is 140 cm³/mol. The van der Waals surface area contributed by atoms with Gasteiger partial charge in [0.1, 0.15) is 12.4 Å². The van der Waals surface area contributed by atoms with Gasteiger partial charge in [-0.2, -0.15) is 0 Å². The number of thioether (sulfide) groups is 1. The smallest absolute Gasteiger partial charge is 0.343 e. The van der Waals surface area contributed by atoms with Crippen LogP contribution in [0.4, 0.5) is 10.5 Å². The molecular formula is C27H22N2O8S. The van der Waals surface area contributed by atoms with Gasteiger partial charge in [0.15, 0.2) is 11.5 Å². The molecule has 0 bridgehead atoms. The van der Waals surface area contributed by atoms with Crippen LogP contribution in [0.15, 0.2) is 77.7 Å². The summed E-state index contributed by atoms with van der Waals surface area (Å²) in [6.45, 7) is 2.28. The number of hydrogen-bond acceptors (Lipinski definition) is 9. The van der Waals surface area contributed by atoms with Crippen LogP contribution < -0.4 is 14.2 Å². The molecule has 0 unspecified atom stereocenters. The normalized spacial score (nSPS) is 14.0. The van der Waals surface area contributed by atoms with Crippen molar-refractivity contribution < 1.29 is 33.5 Å². The van der Waals surface area contributed by atoms with Gasteiger partial charge in [0.25, 0.3) is 16.8 Å². The monoisotopic (exact) mass is 534 g/mol. The number of carbonyl (C=O) groups excluding carboxylic acids is 3. The zero-order valence-electron chi connectivity index (χ0n) is 20.2. The molecule has 0 aliphatic carbocycles. The van der Waals surface area contributed by atoms with E-state index < -0.39 is 22.0 Å². The molecule has 10 nitrogen and oxygen atoms in total. The van der Waals surface area contributed by atoms with E-state index in [2.05, 4.69) is 0 Å². The van der Waals surface area contributed by atoms with Gasteiger partial charge in [-0.1, -0.05) is 30.3 Å². The second-order valence-electron chi connectivity index (χ2n) is 7.83. The summed E-state index contributed by atoms with van der Waals surface area (Å²) in [6, 6.07) is 19.0. The molecule has 0 aromatic heterocycles. The molecule has 11 heteroatoms. The van der Waals surface area contributed by atoms with Crippen LogP contribution in [0.25, 0.3) is 6.08 Å².